The van der Waals surface area contributed by atoms with Gasteiger partial charge in [-0.25, -0.2) is 4.86 Å². The molecule has 3 nitrogen and oxygen atoms in total. The van der Waals surface area contributed by atoms with E-state index in [9.17, 15) is 4.53 Å². The van der Waals surface area contributed by atoms with Gasteiger partial charge in [0.05, 0.1) is 6.20 Å². The van der Waals surface area contributed by atoms with Gasteiger partial charge in [0.1, 0.15) is 5.75 Å². The summed E-state index contributed by atoms with van der Waals surface area (Å²) in [6.45, 7) is 1.84. The van der Waals surface area contributed by atoms with E-state index < -0.39 is 7.69 Å². The number of nitrogens with zero attached hydrogens (tertiary/aromatic N) is 1. The Labute approximate surface area is 64.4 Å². The summed E-state index contributed by atoms with van der Waals surface area (Å²) in [6.07, 6.45) is 3.15. The van der Waals surface area contributed by atoms with E-state index >= 15 is 0 Å². The fourth-order valence-corrected chi connectivity index (χ4v) is 0.686. The van der Waals surface area contributed by atoms with E-state index in [2.05, 4.69) is 9.84 Å². The molecule has 1 aromatic heterocycles. The predicted molar refractivity (Wildman–Crippen MR) is 38.9 cm³/mol. The maximum atomic E-state index is 11.2. The van der Waals surface area contributed by atoms with Gasteiger partial charge in [-0.2, -0.15) is 0 Å². The highest BCUT2D eigenvalue weighted by molar-refractivity contribution is 6.18. The third-order valence-corrected chi connectivity index (χ3v) is 1.25. The molecule has 0 unspecified atom stereocenters. The number of aryl methyl sites for hydroxylation is 1. The fourth-order valence-electron chi connectivity index (χ4n) is 0.686. The minimum atomic E-state index is -0.396. The first-order chi connectivity index (χ1) is 5.34. The Morgan fingerprint density at radius 2 is 2.45 bits per heavy atom. The van der Waals surface area contributed by atoms with Crippen LogP contribution in [-0.2, 0) is 4.86 Å². The first-order valence-corrected chi connectivity index (χ1v) is 3.11. The third kappa shape index (κ3) is 2.20. The lowest BCUT2D eigenvalue weighted by Gasteiger charge is -2.03. The molecule has 0 saturated heterocycles. The van der Waals surface area contributed by atoms with Crippen LogP contribution in [0.25, 0.3) is 0 Å². The summed E-state index contributed by atoms with van der Waals surface area (Å²) in [5.74, 6) is 0.533. The first kappa shape index (κ1) is 8.01. The molecule has 11 heavy (non-hydrogen) atoms. The molecule has 0 N–H and O–H groups in total. The Bertz CT molecular complexity index is 234. The molecular formula is C6H7BFNO2. The van der Waals surface area contributed by atoms with Crippen molar-refractivity contribution in [3.8, 4) is 5.75 Å². The van der Waals surface area contributed by atoms with E-state index in [-0.39, 0.29) is 0 Å². The number of hydrogen-bond donors (Lipinski definition) is 0. The molecule has 0 aliphatic carbocycles. The van der Waals surface area contributed by atoms with Crippen molar-refractivity contribution in [1.82, 2.24) is 4.98 Å². The number of halogens is 1. The first-order valence-electron chi connectivity index (χ1n) is 3.11. The van der Waals surface area contributed by atoms with E-state index in [0.717, 1.165) is 5.56 Å². The van der Waals surface area contributed by atoms with E-state index in [1.165, 1.54) is 6.20 Å². The van der Waals surface area contributed by atoms with E-state index in [0.29, 0.717) is 5.75 Å². The molecule has 0 spiro atoms. The average molecular weight is 155 g/mol. The zero-order valence-corrected chi connectivity index (χ0v) is 6.08. The standard InChI is InChI=1S/C6H7BFNO2/c1-5-2-3-9-4-6(5)10-7-11-8/h2-4,7H,1H3. The minimum Gasteiger partial charge on any atom is -0.536 e. The highest BCUT2D eigenvalue weighted by atomic mass is 19.3. The summed E-state index contributed by atoms with van der Waals surface area (Å²) in [6, 6.07) is 1.77. The van der Waals surface area contributed by atoms with Crippen molar-refractivity contribution in [3.05, 3.63) is 24.0 Å². The summed E-state index contributed by atoms with van der Waals surface area (Å²) in [5, 5.41) is 0. The van der Waals surface area contributed by atoms with E-state index in [4.69, 9.17) is 4.65 Å². The fraction of sp³-hybridized carbons (Fsp3) is 0.167. The van der Waals surface area contributed by atoms with Crippen LogP contribution in [0.15, 0.2) is 18.5 Å². The largest absolute Gasteiger partial charge is 0.544 e. The van der Waals surface area contributed by atoms with Gasteiger partial charge in [-0.15, -0.1) is 0 Å². The molecule has 1 heterocycles. The van der Waals surface area contributed by atoms with Crippen LogP contribution >= 0.6 is 0 Å². The molecule has 1 rings (SSSR count). The predicted octanol–water partition coefficient (Wildman–Crippen LogP) is 0.936. The maximum Gasteiger partial charge on any atom is 0.544 e. The molecule has 0 atom stereocenters. The second-order valence-corrected chi connectivity index (χ2v) is 2.01. The minimum absolute atomic E-state index is 0.396. The SMILES string of the molecule is Cc1ccncc1OBOF. The Morgan fingerprint density at radius 3 is 3.09 bits per heavy atom. The smallest absolute Gasteiger partial charge is 0.536 e. The molecular weight excluding hydrogens is 148 g/mol. The molecule has 0 saturated carbocycles. The molecule has 5 heteroatoms. The van der Waals surface area contributed by atoms with Crippen molar-refractivity contribution in [3.63, 3.8) is 0 Å². The lowest BCUT2D eigenvalue weighted by molar-refractivity contribution is -0.0174. The monoisotopic (exact) mass is 155 g/mol. The zero-order valence-electron chi connectivity index (χ0n) is 6.08. The molecule has 1 aromatic rings. The van der Waals surface area contributed by atoms with Crippen molar-refractivity contribution >= 4 is 7.69 Å². The third-order valence-electron chi connectivity index (χ3n) is 1.25. The van der Waals surface area contributed by atoms with Crippen LogP contribution in [0.1, 0.15) is 5.56 Å². The van der Waals surface area contributed by atoms with Gasteiger partial charge in [0.15, 0.2) is 0 Å². The quantitative estimate of drug-likeness (QED) is 0.608. The highest BCUT2D eigenvalue weighted by Crippen LogP contribution is 2.13. The second-order valence-electron chi connectivity index (χ2n) is 2.01. The van der Waals surface area contributed by atoms with E-state index in [1.54, 1.807) is 12.3 Å². The van der Waals surface area contributed by atoms with Gasteiger partial charge >= 0.3 is 7.69 Å². The van der Waals surface area contributed by atoms with Crippen LogP contribution in [0.4, 0.5) is 4.53 Å². The molecule has 0 aromatic carbocycles. The topological polar surface area (TPSA) is 31.4 Å². The van der Waals surface area contributed by atoms with Crippen LogP contribution in [0.3, 0.4) is 0 Å². The van der Waals surface area contributed by atoms with Gasteiger partial charge in [0.25, 0.3) is 0 Å². The summed E-state index contributed by atoms with van der Waals surface area (Å²) in [4.78, 5) is 7.05. The maximum absolute atomic E-state index is 11.2. The molecule has 0 bridgehead atoms. The lowest BCUT2D eigenvalue weighted by atomic mass is 10.2. The Morgan fingerprint density at radius 1 is 1.64 bits per heavy atom. The van der Waals surface area contributed by atoms with Crippen molar-refractivity contribution in [1.29, 1.82) is 0 Å². The van der Waals surface area contributed by atoms with Crippen LogP contribution in [0.5, 0.6) is 5.75 Å². The Balaban J connectivity index is 2.62. The summed E-state index contributed by atoms with van der Waals surface area (Å²) in [5.41, 5.74) is 0.900. The zero-order chi connectivity index (χ0) is 8.10. The van der Waals surface area contributed by atoms with Gasteiger partial charge in [0.2, 0.25) is 0 Å². The summed E-state index contributed by atoms with van der Waals surface area (Å²) < 4.78 is 16.0. The van der Waals surface area contributed by atoms with Crippen molar-refractivity contribution in [2.45, 2.75) is 6.92 Å². The van der Waals surface area contributed by atoms with Crippen molar-refractivity contribution < 1.29 is 14.0 Å². The average Bonchev–Trinajstić information content (AvgIpc) is 2.03. The molecule has 0 radical (unpaired) electrons. The van der Waals surface area contributed by atoms with Gasteiger partial charge in [-0.3, -0.25) is 4.98 Å². The van der Waals surface area contributed by atoms with Crippen LogP contribution in [0, 0.1) is 6.92 Å². The summed E-state index contributed by atoms with van der Waals surface area (Å²) >= 11 is 0. The Kier molecular flexibility index (Phi) is 2.86. The number of hydrogen-bond acceptors (Lipinski definition) is 3. The molecule has 0 amide bonds. The van der Waals surface area contributed by atoms with Crippen LogP contribution in [-0.4, -0.2) is 12.7 Å². The van der Waals surface area contributed by atoms with Gasteiger partial charge in [-0.1, -0.05) is 4.53 Å². The van der Waals surface area contributed by atoms with Crippen LogP contribution in [0.2, 0.25) is 0 Å². The highest BCUT2D eigenvalue weighted by Gasteiger charge is 1.99. The lowest BCUT2D eigenvalue weighted by Crippen LogP contribution is -2.03. The van der Waals surface area contributed by atoms with Gasteiger partial charge < -0.3 is 4.65 Å². The van der Waals surface area contributed by atoms with Gasteiger partial charge in [-0.05, 0) is 18.6 Å². The van der Waals surface area contributed by atoms with Crippen LogP contribution < -0.4 is 4.65 Å². The van der Waals surface area contributed by atoms with E-state index in [1.807, 2.05) is 6.92 Å². The van der Waals surface area contributed by atoms with Crippen molar-refractivity contribution in [2.24, 2.45) is 0 Å². The Hall–Kier alpha value is -1.10. The molecule has 0 aliphatic heterocycles. The normalized spacial score (nSPS) is 9.27. The number of rotatable bonds is 3. The summed E-state index contributed by atoms with van der Waals surface area (Å²) in [7, 11) is -0.396. The molecule has 0 fully saturated rings. The number of pyridine rings is 1. The van der Waals surface area contributed by atoms with Gasteiger partial charge in [0, 0.05) is 6.20 Å². The molecule has 58 valence electrons. The second kappa shape index (κ2) is 3.93. The number of aromatic nitrogens is 1. The molecule has 0 aliphatic rings. The van der Waals surface area contributed by atoms with Crippen molar-refractivity contribution in [2.75, 3.05) is 0 Å².